The number of hydrogen-bond acceptors (Lipinski definition) is 4. The van der Waals surface area contributed by atoms with Crippen LogP contribution >= 0.6 is 11.8 Å². The van der Waals surface area contributed by atoms with Gasteiger partial charge in [-0.05, 0) is 41.8 Å². The third-order valence-corrected chi connectivity index (χ3v) is 6.78. The number of anilines is 2. The Morgan fingerprint density at radius 1 is 1.09 bits per heavy atom. The Bertz CT molecular complexity index is 1100. The number of thioether (sulfide) groups is 1. The predicted octanol–water partition coefficient (Wildman–Crippen LogP) is 5.61. The summed E-state index contributed by atoms with van der Waals surface area (Å²) in [5.41, 5.74) is 3.50. The van der Waals surface area contributed by atoms with Gasteiger partial charge in [0, 0.05) is 17.4 Å². The van der Waals surface area contributed by atoms with Gasteiger partial charge in [-0.15, -0.1) is 11.8 Å². The lowest BCUT2D eigenvalue weighted by Crippen LogP contribution is -2.28. The number of carbonyl (C=O) groups excluding carboxylic acids is 2. The summed E-state index contributed by atoms with van der Waals surface area (Å²) in [4.78, 5) is 27.5. The average molecular weight is 447 g/mol. The quantitative estimate of drug-likeness (QED) is 0.513. The molecule has 2 amide bonds. The molecule has 164 valence electrons. The first kappa shape index (κ1) is 22.0. The summed E-state index contributed by atoms with van der Waals surface area (Å²) in [6.45, 7) is 2.01. The van der Waals surface area contributed by atoms with E-state index in [0.29, 0.717) is 17.9 Å². The van der Waals surface area contributed by atoms with E-state index in [-0.39, 0.29) is 23.1 Å². The maximum Gasteiger partial charge on any atom is 0.238 e. The number of ether oxygens (including phenoxy) is 1. The van der Waals surface area contributed by atoms with Crippen LogP contribution in [0.25, 0.3) is 0 Å². The molecule has 0 radical (unpaired) electrons. The Hall–Kier alpha value is -3.25. The molecule has 1 aliphatic rings. The third kappa shape index (κ3) is 4.65. The number of benzene rings is 3. The minimum absolute atomic E-state index is 0.0318. The molecule has 0 unspecified atom stereocenters. The number of amides is 2. The zero-order valence-corrected chi connectivity index (χ0v) is 19.0. The Morgan fingerprint density at radius 3 is 2.62 bits per heavy atom. The largest absolute Gasteiger partial charge is 0.497 e. The molecule has 0 aliphatic carbocycles. The molecule has 0 bridgehead atoms. The van der Waals surface area contributed by atoms with Crippen LogP contribution in [-0.4, -0.2) is 24.7 Å². The molecule has 32 heavy (non-hydrogen) atoms. The zero-order chi connectivity index (χ0) is 22.5. The highest BCUT2D eigenvalue weighted by molar-refractivity contribution is 8.00. The van der Waals surface area contributed by atoms with Crippen LogP contribution in [0.3, 0.4) is 0 Å². The first-order chi connectivity index (χ1) is 15.6. The van der Waals surface area contributed by atoms with Crippen LogP contribution in [0.15, 0.2) is 78.9 Å². The number of hydrogen-bond donors (Lipinski definition) is 1. The highest BCUT2D eigenvalue weighted by Crippen LogP contribution is 2.43. The summed E-state index contributed by atoms with van der Waals surface area (Å²) in [7, 11) is 1.61. The Balaban J connectivity index is 1.56. The van der Waals surface area contributed by atoms with E-state index in [1.54, 1.807) is 23.8 Å². The molecule has 3 aromatic rings. The van der Waals surface area contributed by atoms with Gasteiger partial charge in [0.1, 0.15) is 11.1 Å². The number of carbonyl (C=O) groups is 2. The van der Waals surface area contributed by atoms with Gasteiger partial charge in [-0.2, -0.15) is 0 Å². The summed E-state index contributed by atoms with van der Waals surface area (Å²) in [6.07, 6.45) is 0.714. The lowest BCUT2D eigenvalue weighted by molar-refractivity contribution is -0.118. The first-order valence-corrected chi connectivity index (χ1v) is 11.7. The standard InChI is InChI=1S/C26H26N2O3S/c1-3-23(18-9-5-4-6-10-18)25(30)27-20-12-7-11-19(15-20)26-28(24(29)17-32-26)21-13-8-14-22(16-21)31-2/h4-16,23,26H,3,17H2,1-2H3,(H,27,30)/t23-,26+/m1/s1. The van der Waals surface area contributed by atoms with Gasteiger partial charge in [0.25, 0.3) is 0 Å². The fourth-order valence-electron chi connectivity index (χ4n) is 3.97. The van der Waals surface area contributed by atoms with E-state index in [1.165, 1.54) is 0 Å². The lowest BCUT2D eigenvalue weighted by atomic mass is 9.95. The van der Waals surface area contributed by atoms with Crippen molar-refractivity contribution in [3.05, 3.63) is 90.0 Å². The Labute approximate surface area is 192 Å². The van der Waals surface area contributed by atoms with E-state index in [1.807, 2.05) is 85.8 Å². The van der Waals surface area contributed by atoms with Crippen LogP contribution in [-0.2, 0) is 9.59 Å². The summed E-state index contributed by atoms with van der Waals surface area (Å²) in [5, 5.41) is 2.90. The predicted molar refractivity (Wildman–Crippen MR) is 130 cm³/mol. The molecule has 6 heteroatoms. The summed E-state index contributed by atoms with van der Waals surface area (Å²) in [5.74, 6) is 0.923. The lowest BCUT2D eigenvalue weighted by Gasteiger charge is -2.25. The van der Waals surface area contributed by atoms with Gasteiger partial charge in [-0.1, -0.05) is 55.5 Å². The van der Waals surface area contributed by atoms with Gasteiger partial charge in [0.2, 0.25) is 11.8 Å². The number of methoxy groups -OCH3 is 1. The second-order valence-electron chi connectivity index (χ2n) is 7.61. The summed E-state index contributed by atoms with van der Waals surface area (Å²) < 4.78 is 5.33. The minimum atomic E-state index is -0.212. The molecule has 1 saturated heterocycles. The second kappa shape index (κ2) is 9.92. The maximum absolute atomic E-state index is 13.0. The van der Waals surface area contributed by atoms with E-state index in [4.69, 9.17) is 4.74 Å². The normalized spacial score (nSPS) is 16.6. The Kier molecular flexibility index (Phi) is 6.81. The maximum atomic E-state index is 13.0. The summed E-state index contributed by atoms with van der Waals surface area (Å²) >= 11 is 1.58. The number of rotatable bonds is 7. The van der Waals surface area contributed by atoms with E-state index in [0.717, 1.165) is 22.5 Å². The van der Waals surface area contributed by atoms with Crippen LogP contribution in [0.4, 0.5) is 11.4 Å². The van der Waals surface area contributed by atoms with Crippen LogP contribution in [0, 0.1) is 0 Å². The van der Waals surface area contributed by atoms with E-state index in [9.17, 15) is 9.59 Å². The molecule has 3 aromatic carbocycles. The minimum Gasteiger partial charge on any atom is -0.497 e. The molecule has 4 rings (SSSR count). The van der Waals surface area contributed by atoms with Gasteiger partial charge in [-0.25, -0.2) is 0 Å². The molecular formula is C26H26N2O3S. The number of nitrogens with one attached hydrogen (secondary N) is 1. The van der Waals surface area contributed by atoms with E-state index >= 15 is 0 Å². The molecule has 1 aliphatic heterocycles. The second-order valence-corrected chi connectivity index (χ2v) is 8.68. The van der Waals surface area contributed by atoms with Gasteiger partial charge in [-0.3, -0.25) is 14.5 Å². The van der Waals surface area contributed by atoms with Crippen molar-refractivity contribution >= 4 is 35.0 Å². The Morgan fingerprint density at radius 2 is 1.88 bits per heavy atom. The highest BCUT2D eigenvalue weighted by atomic mass is 32.2. The van der Waals surface area contributed by atoms with Gasteiger partial charge < -0.3 is 10.1 Å². The van der Waals surface area contributed by atoms with Crippen LogP contribution in [0.1, 0.15) is 35.8 Å². The van der Waals surface area contributed by atoms with Gasteiger partial charge >= 0.3 is 0 Å². The van der Waals surface area contributed by atoms with Crippen molar-refractivity contribution < 1.29 is 14.3 Å². The SMILES string of the molecule is CC[C@@H](C(=O)Nc1cccc([C@@H]2SCC(=O)N2c2cccc(OC)c2)c1)c1ccccc1. The number of nitrogens with zero attached hydrogens (tertiary/aromatic N) is 1. The smallest absolute Gasteiger partial charge is 0.238 e. The molecule has 1 fully saturated rings. The van der Waals surface area contributed by atoms with Crippen molar-refractivity contribution in [2.75, 3.05) is 23.1 Å². The molecule has 1 N–H and O–H groups in total. The van der Waals surface area contributed by atoms with Gasteiger partial charge in [0.15, 0.2) is 0 Å². The van der Waals surface area contributed by atoms with Crippen molar-refractivity contribution in [1.29, 1.82) is 0 Å². The third-order valence-electron chi connectivity index (χ3n) is 5.57. The molecule has 2 atom stereocenters. The van der Waals surface area contributed by atoms with E-state index in [2.05, 4.69) is 5.32 Å². The molecule has 5 nitrogen and oxygen atoms in total. The molecule has 0 saturated carbocycles. The topological polar surface area (TPSA) is 58.6 Å². The summed E-state index contributed by atoms with van der Waals surface area (Å²) in [6, 6.07) is 25.1. The molecule has 1 heterocycles. The fourth-order valence-corrected chi connectivity index (χ4v) is 5.13. The van der Waals surface area contributed by atoms with Crippen molar-refractivity contribution in [2.24, 2.45) is 0 Å². The molecular weight excluding hydrogens is 420 g/mol. The van der Waals surface area contributed by atoms with Crippen LogP contribution < -0.4 is 15.0 Å². The van der Waals surface area contributed by atoms with Crippen LogP contribution in [0.2, 0.25) is 0 Å². The average Bonchev–Trinajstić information content (AvgIpc) is 3.22. The van der Waals surface area contributed by atoms with Crippen molar-refractivity contribution in [1.82, 2.24) is 0 Å². The molecule has 0 aromatic heterocycles. The zero-order valence-electron chi connectivity index (χ0n) is 18.2. The highest BCUT2D eigenvalue weighted by Gasteiger charge is 2.34. The first-order valence-electron chi connectivity index (χ1n) is 10.6. The monoisotopic (exact) mass is 446 g/mol. The van der Waals surface area contributed by atoms with E-state index < -0.39 is 0 Å². The molecule has 0 spiro atoms. The fraction of sp³-hybridized carbons (Fsp3) is 0.231. The van der Waals surface area contributed by atoms with Crippen molar-refractivity contribution in [2.45, 2.75) is 24.6 Å². The van der Waals surface area contributed by atoms with Crippen molar-refractivity contribution in [3.63, 3.8) is 0 Å². The van der Waals surface area contributed by atoms with Crippen molar-refractivity contribution in [3.8, 4) is 5.75 Å². The van der Waals surface area contributed by atoms with Gasteiger partial charge in [0.05, 0.1) is 18.8 Å². The van der Waals surface area contributed by atoms with Crippen LogP contribution in [0.5, 0.6) is 5.75 Å².